The lowest BCUT2D eigenvalue weighted by Gasteiger charge is -2.04. The summed E-state index contributed by atoms with van der Waals surface area (Å²) in [4.78, 5) is 30.9. The third-order valence-electron chi connectivity index (χ3n) is 1.75. The van der Waals surface area contributed by atoms with E-state index in [1.165, 1.54) is 0 Å². The number of nitro groups is 1. The maximum Gasteiger partial charge on any atom is 0.312 e. The molecule has 0 atom stereocenters. The van der Waals surface area contributed by atoms with Gasteiger partial charge in [0.25, 0.3) is 5.69 Å². The molecule has 0 aliphatic carbocycles. The second-order valence-corrected chi connectivity index (χ2v) is 3.04. The van der Waals surface area contributed by atoms with Crippen molar-refractivity contribution in [3.63, 3.8) is 0 Å². The molecule has 7 nitrogen and oxygen atoms in total. The molecule has 0 aromatic heterocycles. The van der Waals surface area contributed by atoms with Gasteiger partial charge in [0.2, 0.25) is 5.91 Å². The summed E-state index contributed by atoms with van der Waals surface area (Å²) in [6.07, 6.45) is -0.845. The van der Waals surface area contributed by atoms with Crippen molar-refractivity contribution < 1.29 is 24.0 Å². The number of nitrogens with one attached hydrogen (secondary N) is 1. The fourth-order valence-corrected chi connectivity index (χ4v) is 1.05. The van der Waals surface area contributed by atoms with Gasteiger partial charge < -0.3 is 10.4 Å². The Labute approximate surface area is 94.0 Å². The Hall–Kier alpha value is -2.51. The lowest BCUT2D eigenvalue weighted by molar-refractivity contribution is -0.384. The molecule has 0 spiro atoms. The quantitative estimate of drug-likeness (QED) is 0.467. The van der Waals surface area contributed by atoms with Crippen LogP contribution in [0.4, 0.5) is 15.8 Å². The van der Waals surface area contributed by atoms with Crippen molar-refractivity contribution >= 4 is 23.3 Å². The second kappa shape index (κ2) is 5.01. The van der Waals surface area contributed by atoms with Crippen molar-refractivity contribution in [2.24, 2.45) is 0 Å². The number of non-ortho nitro benzene ring substituents is 1. The van der Waals surface area contributed by atoms with Crippen molar-refractivity contribution in [3.05, 3.63) is 34.1 Å². The summed E-state index contributed by atoms with van der Waals surface area (Å²) in [6, 6.07) is 2.56. The Morgan fingerprint density at radius 1 is 1.47 bits per heavy atom. The molecular weight excluding hydrogens is 235 g/mol. The molecule has 90 valence electrons. The zero-order chi connectivity index (χ0) is 13.0. The van der Waals surface area contributed by atoms with Crippen molar-refractivity contribution in [2.45, 2.75) is 6.42 Å². The lowest BCUT2D eigenvalue weighted by Crippen LogP contribution is -2.16. The average molecular weight is 242 g/mol. The average Bonchev–Trinajstić information content (AvgIpc) is 2.19. The van der Waals surface area contributed by atoms with Gasteiger partial charge in [0.05, 0.1) is 10.6 Å². The van der Waals surface area contributed by atoms with Crippen molar-refractivity contribution in [1.82, 2.24) is 0 Å². The number of carboxylic acid groups (broad SMARTS) is 1. The van der Waals surface area contributed by atoms with Crippen LogP contribution < -0.4 is 5.32 Å². The van der Waals surface area contributed by atoms with Gasteiger partial charge in [0.1, 0.15) is 12.2 Å². The Bertz CT molecular complexity index is 488. The predicted molar refractivity (Wildman–Crippen MR) is 53.9 cm³/mol. The number of nitrogens with zero attached hydrogens (tertiary/aromatic N) is 1. The molecule has 1 amide bonds. The highest BCUT2D eigenvalue weighted by atomic mass is 19.1. The van der Waals surface area contributed by atoms with Crippen LogP contribution in [0.5, 0.6) is 0 Å². The van der Waals surface area contributed by atoms with E-state index in [1.807, 2.05) is 5.32 Å². The Morgan fingerprint density at radius 3 is 2.65 bits per heavy atom. The number of carboxylic acids is 1. The molecule has 1 aromatic rings. The highest BCUT2D eigenvalue weighted by molar-refractivity contribution is 6.01. The molecule has 1 rings (SSSR count). The molecule has 2 N–H and O–H groups in total. The molecule has 0 aliphatic rings. The van der Waals surface area contributed by atoms with Crippen LogP contribution in [-0.4, -0.2) is 21.9 Å². The first-order chi connectivity index (χ1) is 7.90. The number of hydrogen-bond acceptors (Lipinski definition) is 4. The molecule has 0 saturated carbocycles. The summed E-state index contributed by atoms with van der Waals surface area (Å²) >= 11 is 0. The number of amides is 1. The highest BCUT2D eigenvalue weighted by Crippen LogP contribution is 2.21. The van der Waals surface area contributed by atoms with E-state index in [4.69, 9.17) is 5.11 Å². The van der Waals surface area contributed by atoms with E-state index in [0.717, 1.165) is 18.2 Å². The highest BCUT2D eigenvalue weighted by Gasteiger charge is 2.14. The number of benzene rings is 1. The molecule has 8 heteroatoms. The summed E-state index contributed by atoms with van der Waals surface area (Å²) in [7, 11) is 0. The third-order valence-corrected chi connectivity index (χ3v) is 1.75. The summed E-state index contributed by atoms with van der Waals surface area (Å²) in [6.45, 7) is 0. The topological polar surface area (TPSA) is 110 Å². The summed E-state index contributed by atoms with van der Waals surface area (Å²) < 4.78 is 13.1. The van der Waals surface area contributed by atoms with Crippen molar-refractivity contribution in [1.29, 1.82) is 0 Å². The minimum atomic E-state index is -1.38. The van der Waals surface area contributed by atoms with Crippen LogP contribution in [-0.2, 0) is 9.59 Å². The summed E-state index contributed by atoms with van der Waals surface area (Å²) in [5.74, 6) is -3.22. The van der Waals surface area contributed by atoms with Crippen LogP contribution >= 0.6 is 0 Å². The zero-order valence-corrected chi connectivity index (χ0v) is 8.34. The SMILES string of the molecule is O=C(O)CC(=O)Nc1cc([N+](=O)[O-])ccc1F. The molecule has 0 unspecified atom stereocenters. The number of rotatable bonds is 4. The summed E-state index contributed by atoms with van der Waals surface area (Å²) in [5, 5.41) is 20.7. The van der Waals surface area contributed by atoms with E-state index in [0.29, 0.717) is 0 Å². The first-order valence-corrected chi connectivity index (χ1v) is 4.35. The fraction of sp³-hybridized carbons (Fsp3) is 0.111. The molecule has 0 fully saturated rings. The van der Waals surface area contributed by atoms with Gasteiger partial charge in [0, 0.05) is 12.1 Å². The van der Waals surface area contributed by atoms with Crippen LogP contribution in [0.2, 0.25) is 0 Å². The molecule has 0 saturated heterocycles. The standard InChI is InChI=1S/C9H7FN2O5/c10-6-2-1-5(12(16)17)3-7(6)11-8(13)4-9(14)15/h1-3H,4H2,(H,11,13)(H,14,15). The molecule has 0 radical (unpaired) electrons. The van der Waals surface area contributed by atoms with Crippen LogP contribution in [0.1, 0.15) is 6.42 Å². The number of carbonyl (C=O) groups is 2. The second-order valence-electron chi connectivity index (χ2n) is 3.04. The Kier molecular flexibility index (Phi) is 3.70. The van der Waals surface area contributed by atoms with Gasteiger partial charge in [-0.15, -0.1) is 0 Å². The molecule has 0 heterocycles. The van der Waals surface area contributed by atoms with Crippen LogP contribution in [0.15, 0.2) is 18.2 Å². The van der Waals surface area contributed by atoms with E-state index in [2.05, 4.69) is 0 Å². The van der Waals surface area contributed by atoms with Gasteiger partial charge in [0.15, 0.2) is 0 Å². The van der Waals surface area contributed by atoms with Crippen LogP contribution in [0.3, 0.4) is 0 Å². The van der Waals surface area contributed by atoms with E-state index >= 15 is 0 Å². The number of anilines is 1. The van der Waals surface area contributed by atoms with Crippen molar-refractivity contribution in [2.75, 3.05) is 5.32 Å². The molecule has 1 aromatic carbocycles. The molecule has 0 bridgehead atoms. The van der Waals surface area contributed by atoms with Gasteiger partial charge in [-0.1, -0.05) is 0 Å². The van der Waals surface area contributed by atoms with Gasteiger partial charge in [-0.05, 0) is 6.07 Å². The van der Waals surface area contributed by atoms with Gasteiger partial charge >= 0.3 is 5.97 Å². The van der Waals surface area contributed by atoms with Crippen LogP contribution in [0.25, 0.3) is 0 Å². The number of aliphatic carboxylic acids is 1. The van der Waals surface area contributed by atoms with Crippen LogP contribution in [0, 0.1) is 15.9 Å². The first-order valence-electron chi connectivity index (χ1n) is 4.35. The molecular formula is C9H7FN2O5. The van der Waals surface area contributed by atoms with E-state index in [9.17, 15) is 24.1 Å². The number of nitro benzene ring substituents is 1. The number of carbonyl (C=O) groups excluding carboxylic acids is 1. The van der Waals surface area contributed by atoms with E-state index < -0.39 is 40.4 Å². The Balaban J connectivity index is 2.90. The lowest BCUT2D eigenvalue weighted by atomic mass is 10.2. The van der Waals surface area contributed by atoms with Gasteiger partial charge in [-0.2, -0.15) is 0 Å². The smallest absolute Gasteiger partial charge is 0.312 e. The number of hydrogen-bond donors (Lipinski definition) is 2. The zero-order valence-electron chi connectivity index (χ0n) is 8.34. The third kappa shape index (κ3) is 3.52. The van der Waals surface area contributed by atoms with Crippen molar-refractivity contribution in [3.8, 4) is 0 Å². The maximum atomic E-state index is 13.1. The molecule has 0 aliphatic heterocycles. The minimum Gasteiger partial charge on any atom is -0.481 e. The normalized spacial score (nSPS) is 9.71. The Morgan fingerprint density at radius 2 is 2.12 bits per heavy atom. The molecule has 17 heavy (non-hydrogen) atoms. The predicted octanol–water partition coefficient (Wildman–Crippen LogP) is 1.15. The number of halogens is 1. The monoisotopic (exact) mass is 242 g/mol. The minimum absolute atomic E-state index is 0.406. The largest absolute Gasteiger partial charge is 0.481 e. The van der Waals surface area contributed by atoms with Gasteiger partial charge in [-0.3, -0.25) is 19.7 Å². The fourth-order valence-electron chi connectivity index (χ4n) is 1.05. The summed E-state index contributed by atoms with van der Waals surface area (Å²) in [5.41, 5.74) is -0.831. The first kappa shape index (κ1) is 12.6. The van der Waals surface area contributed by atoms with Gasteiger partial charge in [-0.25, -0.2) is 4.39 Å². The van der Waals surface area contributed by atoms with E-state index in [-0.39, 0.29) is 0 Å². The van der Waals surface area contributed by atoms with E-state index in [1.54, 1.807) is 0 Å². The maximum absolute atomic E-state index is 13.1.